The molecule has 0 amide bonds. The van der Waals surface area contributed by atoms with E-state index in [-0.39, 0.29) is 6.04 Å². The molecule has 0 radical (unpaired) electrons. The lowest BCUT2D eigenvalue weighted by Gasteiger charge is -2.18. The average molecular weight is 250 g/mol. The van der Waals surface area contributed by atoms with Crippen LogP contribution in [0.15, 0.2) is 6.07 Å². The minimum atomic E-state index is 0.0405. The standard InChI is InChI=1S/C10H13Cl2NS/c1-5(6-2-3-6)9(13)7-4-8(11)14-10(7)12/h4-6,9H,2-3,13H2,1H3. The molecule has 1 aliphatic rings. The van der Waals surface area contributed by atoms with Gasteiger partial charge in [0.2, 0.25) is 0 Å². The van der Waals surface area contributed by atoms with Gasteiger partial charge in [-0.2, -0.15) is 0 Å². The minimum absolute atomic E-state index is 0.0405. The van der Waals surface area contributed by atoms with E-state index in [0.29, 0.717) is 5.92 Å². The maximum absolute atomic E-state index is 6.16. The molecule has 0 aliphatic heterocycles. The van der Waals surface area contributed by atoms with Crippen molar-refractivity contribution in [3.63, 3.8) is 0 Å². The van der Waals surface area contributed by atoms with E-state index >= 15 is 0 Å². The number of hydrogen-bond acceptors (Lipinski definition) is 2. The van der Waals surface area contributed by atoms with E-state index < -0.39 is 0 Å². The Kier molecular flexibility index (Phi) is 3.08. The summed E-state index contributed by atoms with van der Waals surface area (Å²) in [5.41, 5.74) is 7.17. The van der Waals surface area contributed by atoms with E-state index in [9.17, 15) is 0 Å². The molecule has 1 aromatic rings. The molecule has 1 aliphatic carbocycles. The number of rotatable bonds is 3. The maximum Gasteiger partial charge on any atom is 0.0991 e. The monoisotopic (exact) mass is 249 g/mol. The molecule has 0 bridgehead atoms. The zero-order valence-corrected chi connectivity index (χ0v) is 10.3. The fourth-order valence-corrected chi connectivity index (χ4v) is 3.35. The van der Waals surface area contributed by atoms with Crippen molar-refractivity contribution in [3.8, 4) is 0 Å². The molecule has 1 heterocycles. The molecule has 2 N–H and O–H groups in total. The molecule has 78 valence electrons. The molecule has 1 nitrogen and oxygen atoms in total. The van der Waals surface area contributed by atoms with Gasteiger partial charge >= 0.3 is 0 Å². The van der Waals surface area contributed by atoms with Crippen LogP contribution in [0.5, 0.6) is 0 Å². The first-order valence-electron chi connectivity index (χ1n) is 4.80. The maximum atomic E-state index is 6.16. The van der Waals surface area contributed by atoms with Crippen molar-refractivity contribution in [2.24, 2.45) is 17.6 Å². The van der Waals surface area contributed by atoms with E-state index in [4.69, 9.17) is 28.9 Å². The van der Waals surface area contributed by atoms with Crippen LogP contribution in [0.3, 0.4) is 0 Å². The van der Waals surface area contributed by atoms with Crippen LogP contribution in [0.4, 0.5) is 0 Å². The highest BCUT2D eigenvalue weighted by molar-refractivity contribution is 7.20. The van der Waals surface area contributed by atoms with Gasteiger partial charge < -0.3 is 5.73 Å². The van der Waals surface area contributed by atoms with Crippen molar-refractivity contribution in [1.29, 1.82) is 0 Å². The van der Waals surface area contributed by atoms with E-state index in [0.717, 1.165) is 20.2 Å². The Morgan fingerprint density at radius 2 is 2.14 bits per heavy atom. The van der Waals surface area contributed by atoms with Gasteiger partial charge in [-0.15, -0.1) is 11.3 Å². The lowest BCUT2D eigenvalue weighted by molar-refractivity contribution is 0.418. The predicted octanol–water partition coefficient (Wildman–Crippen LogP) is 4.10. The SMILES string of the molecule is CC(C1CC1)C(N)c1cc(Cl)sc1Cl. The van der Waals surface area contributed by atoms with Gasteiger partial charge in [0.15, 0.2) is 0 Å². The van der Waals surface area contributed by atoms with Gasteiger partial charge in [-0.05, 0) is 30.7 Å². The molecule has 0 saturated heterocycles. The third-order valence-corrected chi connectivity index (χ3v) is 4.49. The van der Waals surface area contributed by atoms with E-state index in [1.54, 1.807) is 0 Å². The number of nitrogens with two attached hydrogens (primary N) is 1. The summed E-state index contributed by atoms with van der Waals surface area (Å²) in [7, 11) is 0. The van der Waals surface area contributed by atoms with Gasteiger partial charge in [0.1, 0.15) is 0 Å². The Balaban J connectivity index is 2.16. The summed E-state index contributed by atoms with van der Waals surface area (Å²) >= 11 is 13.3. The Hall–Kier alpha value is 0.240. The average Bonchev–Trinajstić information content (AvgIpc) is 2.90. The van der Waals surface area contributed by atoms with Crippen LogP contribution < -0.4 is 5.73 Å². The predicted molar refractivity (Wildman–Crippen MR) is 63.2 cm³/mol. The Morgan fingerprint density at radius 3 is 2.57 bits per heavy atom. The molecule has 1 saturated carbocycles. The van der Waals surface area contributed by atoms with Crippen LogP contribution in [0.25, 0.3) is 0 Å². The minimum Gasteiger partial charge on any atom is -0.324 e. The molecule has 2 unspecified atom stereocenters. The zero-order chi connectivity index (χ0) is 10.3. The summed E-state index contributed by atoms with van der Waals surface area (Å²) in [6.45, 7) is 2.20. The van der Waals surface area contributed by atoms with Crippen LogP contribution in [0.2, 0.25) is 8.67 Å². The van der Waals surface area contributed by atoms with Crippen molar-refractivity contribution in [1.82, 2.24) is 0 Å². The van der Waals surface area contributed by atoms with Crippen molar-refractivity contribution in [2.45, 2.75) is 25.8 Å². The first kappa shape index (κ1) is 10.7. The topological polar surface area (TPSA) is 26.0 Å². The fourth-order valence-electron chi connectivity index (χ4n) is 1.78. The highest BCUT2D eigenvalue weighted by Crippen LogP contribution is 2.44. The van der Waals surface area contributed by atoms with Crippen LogP contribution >= 0.6 is 34.5 Å². The number of hydrogen-bond donors (Lipinski definition) is 1. The van der Waals surface area contributed by atoms with E-state index in [1.807, 2.05) is 6.07 Å². The first-order valence-corrected chi connectivity index (χ1v) is 6.37. The van der Waals surface area contributed by atoms with Crippen LogP contribution in [0.1, 0.15) is 31.4 Å². The smallest absolute Gasteiger partial charge is 0.0991 e. The molecule has 2 rings (SSSR count). The lowest BCUT2D eigenvalue weighted by atomic mass is 9.93. The van der Waals surface area contributed by atoms with Gasteiger partial charge in [-0.3, -0.25) is 0 Å². The van der Waals surface area contributed by atoms with Crippen molar-refractivity contribution in [2.75, 3.05) is 0 Å². The Labute approximate surface area is 98.2 Å². The van der Waals surface area contributed by atoms with Gasteiger partial charge in [0.05, 0.1) is 8.67 Å². The highest BCUT2D eigenvalue weighted by atomic mass is 35.5. The van der Waals surface area contributed by atoms with Crippen LogP contribution in [-0.2, 0) is 0 Å². The molecule has 4 heteroatoms. The van der Waals surface area contributed by atoms with Gasteiger partial charge in [-0.25, -0.2) is 0 Å². The molecular weight excluding hydrogens is 237 g/mol. The Morgan fingerprint density at radius 1 is 1.50 bits per heavy atom. The van der Waals surface area contributed by atoms with Crippen molar-refractivity contribution < 1.29 is 0 Å². The summed E-state index contributed by atoms with van der Waals surface area (Å²) in [5, 5.41) is 0. The number of halogens is 2. The van der Waals surface area contributed by atoms with Gasteiger partial charge in [0, 0.05) is 11.6 Å². The lowest BCUT2D eigenvalue weighted by Crippen LogP contribution is -2.20. The summed E-state index contributed by atoms with van der Waals surface area (Å²) < 4.78 is 1.47. The molecule has 1 fully saturated rings. The summed E-state index contributed by atoms with van der Waals surface area (Å²) in [6, 6.07) is 1.94. The summed E-state index contributed by atoms with van der Waals surface area (Å²) in [6.07, 6.45) is 2.62. The Bertz CT molecular complexity index is 333. The van der Waals surface area contributed by atoms with Crippen LogP contribution in [-0.4, -0.2) is 0 Å². The van der Waals surface area contributed by atoms with Gasteiger partial charge in [-0.1, -0.05) is 30.1 Å². The second kappa shape index (κ2) is 4.01. The molecular formula is C10H13Cl2NS. The second-order valence-corrected chi connectivity index (χ2v) is 6.29. The van der Waals surface area contributed by atoms with Gasteiger partial charge in [0.25, 0.3) is 0 Å². The molecule has 2 atom stereocenters. The molecule has 0 spiro atoms. The molecule has 14 heavy (non-hydrogen) atoms. The van der Waals surface area contributed by atoms with E-state index in [1.165, 1.54) is 24.2 Å². The quantitative estimate of drug-likeness (QED) is 0.858. The number of thiophene rings is 1. The largest absolute Gasteiger partial charge is 0.324 e. The first-order chi connectivity index (χ1) is 6.59. The van der Waals surface area contributed by atoms with Crippen LogP contribution in [0, 0.1) is 11.8 Å². The zero-order valence-electron chi connectivity index (χ0n) is 7.97. The summed E-state index contributed by atoms with van der Waals surface area (Å²) in [5.74, 6) is 1.30. The third kappa shape index (κ3) is 2.08. The third-order valence-electron chi connectivity index (χ3n) is 2.97. The van der Waals surface area contributed by atoms with Crippen molar-refractivity contribution >= 4 is 34.5 Å². The van der Waals surface area contributed by atoms with E-state index in [2.05, 4.69) is 6.92 Å². The highest BCUT2D eigenvalue weighted by Gasteiger charge is 2.33. The normalized spacial score (nSPS) is 20.9. The molecule has 0 aromatic carbocycles. The fraction of sp³-hybridized carbons (Fsp3) is 0.600. The molecule has 1 aromatic heterocycles. The second-order valence-electron chi connectivity index (χ2n) is 4.00. The summed E-state index contributed by atoms with van der Waals surface area (Å²) in [4.78, 5) is 0. The van der Waals surface area contributed by atoms with Crippen molar-refractivity contribution in [3.05, 3.63) is 20.3 Å².